The van der Waals surface area contributed by atoms with Gasteiger partial charge in [-0.15, -0.1) is 0 Å². The molecule has 0 unspecified atom stereocenters. The molecular weight excluding hydrogens is 366 g/mol. The van der Waals surface area contributed by atoms with Gasteiger partial charge in [-0.2, -0.15) is 13.2 Å². The van der Waals surface area contributed by atoms with Crippen molar-refractivity contribution in [3.05, 3.63) is 59.9 Å². The number of halogens is 4. The van der Waals surface area contributed by atoms with Crippen molar-refractivity contribution in [3.63, 3.8) is 0 Å². The smallest absolute Gasteiger partial charge is 0.325 e. The quantitative estimate of drug-likeness (QED) is 0.752. The van der Waals surface area contributed by atoms with Crippen LogP contribution in [0.4, 0.5) is 28.9 Å². The number of nitrogens with one attached hydrogen (secondary N) is 2. The number of benzene rings is 2. The van der Waals surface area contributed by atoms with Crippen LogP contribution in [0.1, 0.15) is 5.56 Å². The number of anilines is 2. The van der Waals surface area contributed by atoms with Gasteiger partial charge >= 0.3 is 6.18 Å². The highest BCUT2D eigenvalue weighted by molar-refractivity contribution is 5.95. The molecule has 0 fully saturated rings. The third-order valence-corrected chi connectivity index (χ3v) is 3.44. The molecular formula is C18H17F4N3O2. The van der Waals surface area contributed by atoms with Gasteiger partial charge in [0.2, 0.25) is 11.8 Å². The Morgan fingerprint density at radius 2 is 1.59 bits per heavy atom. The van der Waals surface area contributed by atoms with E-state index in [0.717, 1.165) is 18.2 Å². The molecule has 144 valence electrons. The highest BCUT2D eigenvalue weighted by Crippen LogP contribution is 2.34. The molecule has 2 aromatic carbocycles. The van der Waals surface area contributed by atoms with Gasteiger partial charge in [-0.3, -0.25) is 14.5 Å². The summed E-state index contributed by atoms with van der Waals surface area (Å²) in [7, 11) is 1.46. The molecule has 0 aliphatic carbocycles. The maximum Gasteiger partial charge on any atom is 0.418 e. The zero-order valence-electron chi connectivity index (χ0n) is 14.3. The van der Waals surface area contributed by atoms with Gasteiger partial charge in [0.1, 0.15) is 5.82 Å². The summed E-state index contributed by atoms with van der Waals surface area (Å²) in [5.41, 5.74) is -1.05. The number of carbonyl (C=O) groups is 2. The summed E-state index contributed by atoms with van der Waals surface area (Å²) in [5, 5.41) is 4.66. The monoisotopic (exact) mass is 383 g/mol. The molecule has 0 aromatic heterocycles. The van der Waals surface area contributed by atoms with E-state index in [1.54, 1.807) is 0 Å². The lowest BCUT2D eigenvalue weighted by atomic mass is 10.1. The lowest BCUT2D eigenvalue weighted by Gasteiger charge is -2.17. The minimum absolute atomic E-state index is 0.204. The second kappa shape index (κ2) is 8.63. The SMILES string of the molecule is CN(CC(=O)Nc1cccc(F)c1)CC(=O)Nc1ccccc1C(F)(F)F. The zero-order chi connectivity index (χ0) is 20.0. The van der Waals surface area contributed by atoms with E-state index in [1.807, 2.05) is 0 Å². The third-order valence-electron chi connectivity index (χ3n) is 3.44. The van der Waals surface area contributed by atoms with Crippen molar-refractivity contribution in [1.82, 2.24) is 4.90 Å². The van der Waals surface area contributed by atoms with Crippen molar-refractivity contribution in [3.8, 4) is 0 Å². The van der Waals surface area contributed by atoms with E-state index in [4.69, 9.17) is 0 Å². The Morgan fingerprint density at radius 1 is 0.963 bits per heavy atom. The van der Waals surface area contributed by atoms with Crippen LogP contribution >= 0.6 is 0 Å². The maximum absolute atomic E-state index is 13.1. The van der Waals surface area contributed by atoms with Crippen LogP contribution in [0.2, 0.25) is 0 Å². The van der Waals surface area contributed by atoms with Crippen molar-refractivity contribution in [1.29, 1.82) is 0 Å². The second-order valence-corrected chi connectivity index (χ2v) is 5.82. The molecule has 0 heterocycles. The van der Waals surface area contributed by atoms with Crippen LogP contribution in [0, 0.1) is 5.82 Å². The van der Waals surface area contributed by atoms with E-state index in [-0.39, 0.29) is 24.5 Å². The number of amides is 2. The van der Waals surface area contributed by atoms with Crippen molar-refractivity contribution < 1.29 is 27.2 Å². The Balaban J connectivity index is 1.90. The Bertz CT molecular complexity index is 824. The number of para-hydroxylation sites is 1. The predicted molar refractivity (Wildman–Crippen MR) is 92.6 cm³/mol. The summed E-state index contributed by atoms with van der Waals surface area (Å²) >= 11 is 0. The molecule has 0 saturated heterocycles. The first kappa shape index (κ1) is 20.4. The van der Waals surface area contributed by atoms with Crippen LogP contribution in [0.25, 0.3) is 0 Å². The number of nitrogens with zero attached hydrogens (tertiary/aromatic N) is 1. The average Bonchev–Trinajstić information content (AvgIpc) is 2.53. The molecule has 0 radical (unpaired) electrons. The molecule has 0 spiro atoms. The Morgan fingerprint density at radius 3 is 2.22 bits per heavy atom. The zero-order valence-corrected chi connectivity index (χ0v) is 14.3. The average molecular weight is 383 g/mol. The number of likely N-dealkylation sites (N-methyl/N-ethyl adjacent to an activating group) is 1. The van der Waals surface area contributed by atoms with Crippen LogP contribution in [-0.4, -0.2) is 36.9 Å². The molecule has 2 aromatic rings. The summed E-state index contributed by atoms with van der Waals surface area (Å²) in [6.45, 7) is -0.506. The molecule has 2 rings (SSSR count). The topological polar surface area (TPSA) is 61.4 Å². The van der Waals surface area contributed by atoms with Gasteiger partial charge in [0, 0.05) is 5.69 Å². The van der Waals surface area contributed by atoms with Gasteiger partial charge in [0.25, 0.3) is 0 Å². The normalized spacial score (nSPS) is 11.3. The molecule has 0 aliphatic rings. The highest BCUT2D eigenvalue weighted by Gasteiger charge is 2.33. The van der Waals surface area contributed by atoms with Crippen molar-refractivity contribution in [2.45, 2.75) is 6.18 Å². The fourth-order valence-corrected chi connectivity index (χ4v) is 2.34. The third kappa shape index (κ3) is 6.37. The lowest BCUT2D eigenvalue weighted by molar-refractivity contribution is -0.137. The van der Waals surface area contributed by atoms with E-state index >= 15 is 0 Å². The van der Waals surface area contributed by atoms with E-state index in [1.165, 1.54) is 42.3 Å². The van der Waals surface area contributed by atoms with Gasteiger partial charge < -0.3 is 10.6 Å². The molecule has 9 heteroatoms. The van der Waals surface area contributed by atoms with Gasteiger partial charge in [-0.25, -0.2) is 4.39 Å². The number of hydrogen-bond donors (Lipinski definition) is 2. The van der Waals surface area contributed by atoms with E-state index in [0.29, 0.717) is 0 Å². The van der Waals surface area contributed by atoms with Crippen LogP contribution in [0.3, 0.4) is 0 Å². The molecule has 0 bridgehead atoms. The standard InChI is InChI=1S/C18H17F4N3O2/c1-25(10-16(26)23-13-6-4-5-12(19)9-13)11-17(27)24-15-8-3-2-7-14(15)18(20,21)22/h2-9H,10-11H2,1H3,(H,23,26)(H,24,27). The van der Waals surface area contributed by atoms with Crippen molar-refractivity contribution in [2.24, 2.45) is 0 Å². The highest BCUT2D eigenvalue weighted by atomic mass is 19.4. The Kier molecular flexibility index (Phi) is 6.51. The largest absolute Gasteiger partial charge is 0.418 e. The number of alkyl halides is 3. The molecule has 0 aliphatic heterocycles. The van der Waals surface area contributed by atoms with Gasteiger partial charge in [0.05, 0.1) is 24.3 Å². The van der Waals surface area contributed by atoms with Gasteiger partial charge in [-0.05, 0) is 37.4 Å². The minimum atomic E-state index is -4.60. The molecule has 5 nitrogen and oxygen atoms in total. The maximum atomic E-state index is 13.1. The summed E-state index contributed by atoms with van der Waals surface area (Å²) in [6.07, 6.45) is -4.60. The van der Waals surface area contributed by atoms with E-state index in [2.05, 4.69) is 10.6 Å². The number of hydrogen-bond acceptors (Lipinski definition) is 3. The van der Waals surface area contributed by atoms with Crippen LogP contribution in [0.15, 0.2) is 48.5 Å². The van der Waals surface area contributed by atoms with Crippen LogP contribution in [0.5, 0.6) is 0 Å². The first-order valence-corrected chi connectivity index (χ1v) is 7.85. The van der Waals surface area contributed by atoms with Crippen LogP contribution < -0.4 is 10.6 Å². The first-order chi connectivity index (χ1) is 12.6. The summed E-state index contributed by atoms with van der Waals surface area (Å²) in [5.74, 6) is -1.71. The number of carbonyl (C=O) groups excluding carboxylic acids is 2. The molecule has 2 amide bonds. The summed E-state index contributed by atoms with van der Waals surface area (Å²) < 4.78 is 51.9. The molecule has 27 heavy (non-hydrogen) atoms. The molecule has 2 N–H and O–H groups in total. The van der Waals surface area contributed by atoms with Crippen molar-refractivity contribution >= 4 is 23.2 Å². The lowest BCUT2D eigenvalue weighted by Crippen LogP contribution is -2.36. The minimum Gasteiger partial charge on any atom is -0.325 e. The number of rotatable bonds is 6. The first-order valence-electron chi connectivity index (χ1n) is 7.85. The van der Waals surface area contributed by atoms with Crippen LogP contribution in [-0.2, 0) is 15.8 Å². The Hall–Kier alpha value is -2.94. The van der Waals surface area contributed by atoms with Crippen molar-refractivity contribution in [2.75, 3.05) is 30.8 Å². The molecule has 0 atom stereocenters. The van der Waals surface area contributed by atoms with Gasteiger partial charge in [-0.1, -0.05) is 18.2 Å². The molecule has 0 saturated carbocycles. The van der Waals surface area contributed by atoms with E-state index < -0.39 is 29.4 Å². The summed E-state index contributed by atoms with van der Waals surface area (Å²) in [6, 6.07) is 9.91. The summed E-state index contributed by atoms with van der Waals surface area (Å²) in [4.78, 5) is 25.2. The fourth-order valence-electron chi connectivity index (χ4n) is 2.34. The Labute approximate surface area is 153 Å². The van der Waals surface area contributed by atoms with Gasteiger partial charge in [0.15, 0.2) is 0 Å². The second-order valence-electron chi connectivity index (χ2n) is 5.82. The predicted octanol–water partition coefficient (Wildman–Crippen LogP) is 3.35. The van der Waals surface area contributed by atoms with E-state index in [9.17, 15) is 27.2 Å². The fraction of sp³-hybridized carbons (Fsp3) is 0.222.